The minimum atomic E-state index is -0.399. The van der Waals surface area contributed by atoms with Crippen LogP contribution in [0.1, 0.15) is 35.2 Å². The fourth-order valence-electron chi connectivity index (χ4n) is 2.40. The van der Waals surface area contributed by atoms with Crippen LogP contribution in [0.3, 0.4) is 0 Å². The summed E-state index contributed by atoms with van der Waals surface area (Å²) < 4.78 is 13.4. The predicted octanol–water partition coefficient (Wildman–Crippen LogP) is 1.12. The lowest BCUT2D eigenvalue weighted by atomic mass is 10.0. The van der Waals surface area contributed by atoms with E-state index in [0.717, 1.165) is 25.8 Å². The molecule has 1 fully saturated rings. The molecule has 0 radical (unpaired) electrons. The summed E-state index contributed by atoms with van der Waals surface area (Å²) in [5.41, 5.74) is 0.784. The highest BCUT2D eigenvalue weighted by Gasteiger charge is 2.19. The zero-order valence-electron chi connectivity index (χ0n) is 12.7. The van der Waals surface area contributed by atoms with E-state index in [0.29, 0.717) is 18.7 Å². The molecule has 120 valence electrons. The summed E-state index contributed by atoms with van der Waals surface area (Å²) in [6.07, 6.45) is 3.01. The van der Waals surface area contributed by atoms with Gasteiger partial charge >= 0.3 is 0 Å². The molecule has 1 atom stereocenters. The number of hydrogen-bond donors (Lipinski definition) is 3. The lowest BCUT2D eigenvalue weighted by molar-refractivity contribution is -0.123. The van der Waals surface area contributed by atoms with Crippen molar-refractivity contribution < 1.29 is 14.0 Å². The average molecular weight is 307 g/mol. The number of nitrogens with one attached hydrogen (secondary N) is 3. The van der Waals surface area contributed by atoms with Crippen LogP contribution in [0, 0.1) is 12.7 Å². The molecule has 2 rings (SSSR count). The second kappa shape index (κ2) is 7.89. The summed E-state index contributed by atoms with van der Waals surface area (Å²) in [5.74, 6) is -0.774. The molecule has 0 aliphatic carbocycles. The summed E-state index contributed by atoms with van der Waals surface area (Å²) in [6, 6.07) is 4.24. The fourth-order valence-corrected chi connectivity index (χ4v) is 2.40. The van der Waals surface area contributed by atoms with E-state index in [1.54, 1.807) is 19.1 Å². The van der Waals surface area contributed by atoms with Gasteiger partial charge in [-0.25, -0.2) is 4.39 Å². The standard InChI is InChI=1S/C16H22FN3O2/c1-11-5-6-12(10-13(11)17)15(21)19-8-9-20-16(22)14-4-2-3-7-18-14/h5-6,10,14,18H,2-4,7-9H2,1H3,(H,19,21)(H,20,22). The Morgan fingerprint density at radius 3 is 2.73 bits per heavy atom. The Hall–Kier alpha value is -1.95. The third kappa shape index (κ3) is 4.53. The van der Waals surface area contributed by atoms with Crippen molar-refractivity contribution in [3.05, 3.63) is 35.1 Å². The first-order valence-electron chi connectivity index (χ1n) is 7.63. The maximum atomic E-state index is 13.4. The number of rotatable bonds is 5. The second-order valence-electron chi connectivity index (χ2n) is 5.51. The molecule has 2 amide bonds. The van der Waals surface area contributed by atoms with Crippen molar-refractivity contribution in [1.82, 2.24) is 16.0 Å². The molecule has 1 saturated heterocycles. The molecule has 1 aromatic rings. The second-order valence-corrected chi connectivity index (χ2v) is 5.51. The number of carbonyl (C=O) groups excluding carboxylic acids is 2. The zero-order valence-corrected chi connectivity index (χ0v) is 12.7. The molecular formula is C16H22FN3O2. The van der Waals surface area contributed by atoms with Gasteiger partial charge in [0.2, 0.25) is 5.91 Å². The predicted molar refractivity (Wildman–Crippen MR) is 82.1 cm³/mol. The van der Waals surface area contributed by atoms with Gasteiger partial charge in [0.25, 0.3) is 5.91 Å². The molecule has 0 saturated carbocycles. The molecule has 6 heteroatoms. The summed E-state index contributed by atoms with van der Waals surface area (Å²) >= 11 is 0. The lowest BCUT2D eigenvalue weighted by Gasteiger charge is -2.22. The van der Waals surface area contributed by atoms with E-state index in [1.807, 2.05) is 0 Å². The summed E-state index contributed by atoms with van der Waals surface area (Å²) in [6.45, 7) is 3.18. The highest BCUT2D eigenvalue weighted by molar-refractivity contribution is 5.94. The Morgan fingerprint density at radius 2 is 2.05 bits per heavy atom. The number of benzene rings is 1. The first-order chi connectivity index (χ1) is 10.6. The smallest absolute Gasteiger partial charge is 0.251 e. The minimum Gasteiger partial charge on any atom is -0.353 e. The molecule has 0 bridgehead atoms. The molecule has 1 aliphatic rings. The van der Waals surface area contributed by atoms with E-state index >= 15 is 0 Å². The van der Waals surface area contributed by atoms with Crippen LogP contribution in [0.5, 0.6) is 0 Å². The number of carbonyl (C=O) groups is 2. The molecule has 5 nitrogen and oxygen atoms in total. The normalized spacial score (nSPS) is 17.8. The van der Waals surface area contributed by atoms with Gasteiger partial charge < -0.3 is 16.0 Å². The van der Waals surface area contributed by atoms with Gasteiger partial charge in [-0.05, 0) is 44.0 Å². The molecule has 22 heavy (non-hydrogen) atoms. The first kappa shape index (κ1) is 16.4. The van der Waals surface area contributed by atoms with Gasteiger partial charge in [-0.2, -0.15) is 0 Å². The topological polar surface area (TPSA) is 70.2 Å². The lowest BCUT2D eigenvalue weighted by Crippen LogP contribution is -2.48. The van der Waals surface area contributed by atoms with Gasteiger partial charge in [0.1, 0.15) is 5.82 Å². The molecule has 1 aromatic carbocycles. The number of halogens is 1. The van der Waals surface area contributed by atoms with Crippen molar-refractivity contribution in [3.8, 4) is 0 Å². The molecule has 3 N–H and O–H groups in total. The van der Waals surface area contributed by atoms with E-state index in [2.05, 4.69) is 16.0 Å². The summed E-state index contributed by atoms with van der Waals surface area (Å²) in [5, 5.41) is 8.62. The van der Waals surface area contributed by atoms with Crippen LogP contribution in [0.15, 0.2) is 18.2 Å². The minimum absolute atomic E-state index is 0.0321. The van der Waals surface area contributed by atoms with Crippen LogP contribution < -0.4 is 16.0 Å². The van der Waals surface area contributed by atoms with Gasteiger partial charge in [-0.3, -0.25) is 9.59 Å². The maximum absolute atomic E-state index is 13.4. The van der Waals surface area contributed by atoms with Crippen molar-refractivity contribution in [2.75, 3.05) is 19.6 Å². The van der Waals surface area contributed by atoms with E-state index in [1.165, 1.54) is 6.07 Å². The van der Waals surface area contributed by atoms with Crippen molar-refractivity contribution in [2.45, 2.75) is 32.2 Å². The van der Waals surface area contributed by atoms with Crippen LogP contribution in [-0.4, -0.2) is 37.5 Å². The monoisotopic (exact) mass is 307 g/mol. The van der Waals surface area contributed by atoms with E-state index in [4.69, 9.17) is 0 Å². The van der Waals surface area contributed by atoms with Crippen LogP contribution in [0.2, 0.25) is 0 Å². The van der Waals surface area contributed by atoms with Gasteiger partial charge in [0.15, 0.2) is 0 Å². The van der Waals surface area contributed by atoms with Crippen molar-refractivity contribution in [3.63, 3.8) is 0 Å². The number of hydrogen-bond acceptors (Lipinski definition) is 3. The maximum Gasteiger partial charge on any atom is 0.251 e. The van der Waals surface area contributed by atoms with E-state index in [9.17, 15) is 14.0 Å². The quantitative estimate of drug-likeness (QED) is 0.714. The van der Waals surface area contributed by atoms with Gasteiger partial charge in [0, 0.05) is 18.7 Å². The van der Waals surface area contributed by atoms with E-state index in [-0.39, 0.29) is 23.4 Å². The Labute approximate surface area is 129 Å². The molecule has 0 spiro atoms. The van der Waals surface area contributed by atoms with Gasteiger partial charge in [-0.1, -0.05) is 12.5 Å². The first-order valence-corrected chi connectivity index (χ1v) is 7.63. The Kier molecular flexibility index (Phi) is 5.89. The van der Waals surface area contributed by atoms with Crippen molar-refractivity contribution >= 4 is 11.8 Å². The van der Waals surface area contributed by atoms with E-state index < -0.39 is 5.82 Å². The van der Waals surface area contributed by atoms with Crippen molar-refractivity contribution in [1.29, 1.82) is 0 Å². The van der Waals surface area contributed by atoms with Crippen LogP contribution in [-0.2, 0) is 4.79 Å². The number of piperidine rings is 1. The highest BCUT2D eigenvalue weighted by Crippen LogP contribution is 2.09. The largest absolute Gasteiger partial charge is 0.353 e. The Morgan fingerprint density at radius 1 is 1.27 bits per heavy atom. The van der Waals surface area contributed by atoms with Gasteiger partial charge in [-0.15, -0.1) is 0 Å². The molecule has 1 aliphatic heterocycles. The van der Waals surface area contributed by atoms with Crippen molar-refractivity contribution in [2.24, 2.45) is 0 Å². The zero-order chi connectivity index (χ0) is 15.9. The highest BCUT2D eigenvalue weighted by atomic mass is 19.1. The Bertz CT molecular complexity index is 542. The number of amides is 2. The molecule has 0 aromatic heterocycles. The van der Waals surface area contributed by atoms with Crippen LogP contribution in [0.4, 0.5) is 4.39 Å². The third-order valence-electron chi connectivity index (χ3n) is 3.77. The molecule has 1 heterocycles. The Balaban J connectivity index is 1.70. The average Bonchev–Trinajstić information content (AvgIpc) is 2.54. The fraction of sp³-hybridized carbons (Fsp3) is 0.500. The summed E-state index contributed by atoms with van der Waals surface area (Å²) in [4.78, 5) is 23.7. The molecule has 1 unspecified atom stereocenters. The summed E-state index contributed by atoms with van der Waals surface area (Å²) in [7, 11) is 0. The number of aryl methyl sites for hydroxylation is 1. The SMILES string of the molecule is Cc1ccc(C(=O)NCCNC(=O)C2CCCCN2)cc1F. The molecular weight excluding hydrogens is 285 g/mol. The third-order valence-corrected chi connectivity index (χ3v) is 3.77. The van der Waals surface area contributed by atoms with Gasteiger partial charge in [0.05, 0.1) is 6.04 Å². The van der Waals surface area contributed by atoms with Crippen LogP contribution >= 0.6 is 0 Å². The van der Waals surface area contributed by atoms with Crippen LogP contribution in [0.25, 0.3) is 0 Å².